The lowest BCUT2D eigenvalue weighted by Crippen LogP contribution is -2.21. The van der Waals surface area contributed by atoms with Gasteiger partial charge in [0.1, 0.15) is 5.82 Å². The van der Waals surface area contributed by atoms with Crippen LogP contribution in [0, 0.1) is 11.7 Å². The van der Waals surface area contributed by atoms with E-state index in [0.29, 0.717) is 0 Å². The Labute approximate surface area is 119 Å². The molecule has 0 aliphatic heterocycles. The molecule has 0 N–H and O–H groups in total. The molecule has 0 saturated heterocycles. The lowest BCUT2D eigenvalue weighted by molar-refractivity contribution is 0.0928. The first-order valence-corrected chi connectivity index (χ1v) is 6.98. The summed E-state index contributed by atoms with van der Waals surface area (Å²) in [5.41, 5.74) is 1.14. The lowest BCUT2D eigenvalue weighted by Gasteiger charge is -2.22. The summed E-state index contributed by atoms with van der Waals surface area (Å²) in [4.78, 5) is 12.7. The van der Waals surface area contributed by atoms with E-state index in [1.54, 1.807) is 18.2 Å². The zero-order valence-electron chi connectivity index (χ0n) is 11.8. The number of carbonyl (C=O) groups excluding carboxylic acids is 1. The minimum Gasteiger partial charge on any atom is -0.293 e. The van der Waals surface area contributed by atoms with Gasteiger partial charge in [-0.1, -0.05) is 62.7 Å². The number of ketones is 1. The average Bonchev–Trinajstić information content (AvgIpc) is 2.48. The molecule has 0 amide bonds. The zero-order valence-corrected chi connectivity index (χ0v) is 11.8. The van der Waals surface area contributed by atoms with Crippen LogP contribution in [0.4, 0.5) is 4.39 Å². The Hall–Kier alpha value is -1.96. The molecular weight excluding hydrogens is 251 g/mol. The quantitative estimate of drug-likeness (QED) is 0.711. The van der Waals surface area contributed by atoms with Crippen LogP contribution in [0.1, 0.15) is 42.1 Å². The van der Waals surface area contributed by atoms with Gasteiger partial charge in [-0.2, -0.15) is 0 Å². The maximum absolute atomic E-state index is 13.9. The number of benzene rings is 2. The van der Waals surface area contributed by atoms with Crippen molar-refractivity contribution in [1.82, 2.24) is 0 Å². The van der Waals surface area contributed by atoms with Crippen molar-refractivity contribution in [2.45, 2.75) is 26.2 Å². The van der Waals surface area contributed by atoms with Crippen molar-refractivity contribution < 1.29 is 9.18 Å². The molecule has 2 rings (SSSR count). The molecule has 0 heterocycles. The Morgan fingerprint density at radius 2 is 1.65 bits per heavy atom. The first-order valence-electron chi connectivity index (χ1n) is 6.98. The van der Waals surface area contributed by atoms with E-state index in [1.165, 1.54) is 6.07 Å². The van der Waals surface area contributed by atoms with Crippen LogP contribution in [0.3, 0.4) is 0 Å². The highest BCUT2D eigenvalue weighted by Crippen LogP contribution is 2.31. The predicted octanol–water partition coefficient (Wildman–Crippen LogP) is 4.84. The molecule has 1 nitrogen and oxygen atoms in total. The zero-order chi connectivity index (χ0) is 14.5. The Kier molecular flexibility index (Phi) is 4.67. The standard InChI is InChI=1S/C18H19FO/c1-3-13(2)17(14-9-5-4-6-10-14)18(20)15-11-7-8-12-16(15)19/h4-13,17H,3H2,1-2H3. The van der Waals surface area contributed by atoms with E-state index in [9.17, 15) is 9.18 Å². The molecule has 0 aromatic heterocycles. The van der Waals surface area contributed by atoms with Crippen LogP contribution >= 0.6 is 0 Å². The van der Waals surface area contributed by atoms with Crippen LogP contribution in [0.15, 0.2) is 54.6 Å². The molecule has 0 fully saturated rings. The van der Waals surface area contributed by atoms with Gasteiger partial charge in [0.25, 0.3) is 0 Å². The second kappa shape index (κ2) is 6.47. The third kappa shape index (κ3) is 2.96. The normalized spacial score (nSPS) is 13.8. The Morgan fingerprint density at radius 1 is 1.05 bits per heavy atom. The maximum atomic E-state index is 13.9. The average molecular weight is 270 g/mol. The van der Waals surface area contributed by atoms with E-state index >= 15 is 0 Å². The fourth-order valence-electron chi connectivity index (χ4n) is 2.46. The molecule has 2 heteroatoms. The Morgan fingerprint density at radius 3 is 2.25 bits per heavy atom. The molecule has 0 radical (unpaired) electrons. The highest BCUT2D eigenvalue weighted by Gasteiger charge is 2.28. The summed E-state index contributed by atoms with van der Waals surface area (Å²) in [7, 11) is 0. The molecule has 2 atom stereocenters. The number of hydrogen-bond acceptors (Lipinski definition) is 1. The molecule has 0 aliphatic carbocycles. The molecule has 0 bridgehead atoms. The third-order valence-electron chi connectivity index (χ3n) is 3.79. The second-order valence-corrected chi connectivity index (χ2v) is 5.12. The van der Waals surface area contributed by atoms with Crippen LogP contribution in [0.5, 0.6) is 0 Å². The summed E-state index contributed by atoms with van der Waals surface area (Å²) in [6.07, 6.45) is 0.875. The van der Waals surface area contributed by atoms with Crippen molar-refractivity contribution in [3.05, 3.63) is 71.5 Å². The topological polar surface area (TPSA) is 17.1 Å². The summed E-state index contributed by atoms with van der Waals surface area (Å²) in [6, 6.07) is 15.8. The van der Waals surface area contributed by atoms with Gasteiger partial charge in [0.2, 0.25) is 0 Å². The van der Waals surface area contributed by atoms with Gasteiger partial charge in [-0.25, -0.2) is 4.39 Å². The van der Waals surface area contributed by atoms with E-state index < -0.39 is 5.82 Å². The van der Waals surface area contributed by atoms with E-state index in [-0.39, 0.29) is 23.2 Å². The van der Waals surface area contributed by atoms with Crippen molar-refractivity contribution in [3.63, 3.8) is 0 Å². The van der Waals surface area contributed by atoms with Crippen molar-refractivity contribution in [2.24, 2.45) is 5.92 Å². The van der Waals surface area contributed by atoms with Gasteiger partial charge >= 0.3 is 0 Å². The van der Waals surface area contributed by atoms with E-state index in [0.717, 1.165) is 12.0 Å². The summed E-state index contributed by atoms with van der Waals surface area (Å²) in [5.74, 6) is -0.701. The number of carbonyl (C=O) groups is 1. The van der Waals surface area contributed by atoms with Crippen molar-refractivity contribution in [2.75, 3.05) is 0 Å². The minimum atomic E-state index is -0.443. The molecule has 2 aromatic rings. The van der Waals surface area contributed by atoms with Gasteiger partial charge in [0.15, 0.2) is 5.78 Å². The fourth-order valence-corrected chi connectivity index (χ4v) is 2.46. The van der Waals surface area contributed by atoms with E-state index in [2.05, 4.69) is 6.92 Å². The van der Waals surface area contributed by atoms with Gasteiger partial charge in [-0.3, -0.25) is 4.79 Å². The van der Waals surface area contributed by atoms with Gasteiger partial charge in [0, 0.05) is 0 Å². The second-order valence-electron chi connectivity index (χ2n) is 5.12. The molecular formula is C18H19FO. The van der Waals surface area contributed by atoms with Crippen LogP contribution in [-0.4, -0.2) is 5.78 Å². The number of Topliss-reactive ketones (excluding diaryl/α,β-unsaturated/α-hetero) is 1. The Balaban J connectivity index is 2.43. The molecule has 0 aliphatic rings. The number of rotatable bonds is 5. The van der Waals surface area contributed by atoms with Crippen molar-refractivity contribution in [1.29, 1.82) is 0 Å². The number of halogens is 1. The van der Waals surface area contributed by atoms with Crippen LogP contribution in [-0.2, 0) is 0 Å². The van der Waals surface area contributed by atoms with Gasteiger partial charge in [0.05, 0.1) is 11.5 Å². The van der Waals surface area contributed by atoms with Crippen LogP contribution < -0.4 is 0 Å². The molecule has 2 aromatic carbocycles. The summed E-state index contributed by atoms with van der Waals surface area (Å²) in [5, 5.41) is 0. The maximum Gasteiger partial charge on any atom is 0.173 e. The minimum absolute atomic E-state index is 0.136. The smallest absolute Gasteiger partial charge is 0.173 e. The van der Waals surface area contributed by atoms with Crippen molar-refractivity contribution >= 4 is 5.78 Å². The summed E-state index contributed by atoms with van der Waals surface area (Å²) in [6.45, 7) is 4.09. The van der Waals surface area contributed by atoms with Gasteiger partial charge in [-0.15, -0.1) is 0 Å². The molecule has 2 unspecified atom stereocenters. The van der Waals surface area contributed by atoms with E-state index in [1.807, 2.05) is 37.3 Å². The predicted molar refractivity (Wildman–Crippen MR) is 79.4 cm³/mol. The highest BCUT2D eigenvalue weighted by molar-refractivity contribution is 6.01. The van der Waals surface area contributed by atoms with Crippen LogP contribution in [0.25, 0.3) is 0 Å². The molecule has 20 heavy (non-hydrogen) atoms. The van der Waals surface area contributed by atoms with Crippen molar-refractivity contribution in [3.8, 4) is 0 Å². The molecule has 0 spiro atoms. The van der Waals surface area contributed by atoms with Gasteiger partial charge < -0.3 is 0 Å². The SMILES string of the molecule is CCC(C)C(C(=O)c1ccccc1F)c1ccccc1. The Bertz CT molecular complexity index is 577. The third-order valence-corrected chi connectivity index (χ3v) is 3.79. The van der Waals surface area contributed by atoms with E-state index in [4.69, 9.17) is 0 Å². The van der Waals surface area contributed by atoms with Gasteiger partial charge in [-0.05, 0) is 23.6 Å². The fraction of sp³-hybridized carbons (Fsp3) is 0.278. The summed E-state index contributed by atoms with van der Waals surface area (Å²) < 4.78 is 13.9. The largest absolute Gasteiger partial charge is 0.293 e. The van der Waals surface area contributed by atoms with Crippen LogP contribution in [0.2, 0.25) is 0 Å². The lowest BCUT2D eigenvalue weighted by atomic mass is 9.80. The number of hydrogen-bond donors (Lipinski definition) is 0. The highest BCUT2D eigenvalue weighted by atomic mass is 19.1. The monoisotopic (exact) mass is 270 g/mol. The molecule has 0 saturated carbocycles. The first kappa shape index (κ1) is 14.4. The first-order chi connectivity index (χ1) is 9.65. The molecule has 104 valence electrons. The summed E-state index contributed by atoms with van der Waals surface area (Å²) >= 11 is 0.